The summed E-state index contributed by atoms with van der Waals surface area (Å²) < 4.78 is 0. The second-order valence-corrected chi connectivity index (χ2v) is 8.33. The number of nitrogens with one attached hydrogen (secondary N) is 1. The van der Waals surface area contributed by atoms with Crippen LogP contribution in [-0.4, -0.2) is 6.04 Å². The molecule has 1 aliphatic heterocycles. The SMILES string of the molecule is C1=CC2c3cc(-c4ccc(Nc5ccccc5)cc4)ccc3N(c3ccccc3)C2C=C1. The Morgan fingerprint density at radius 3 is 2.03 bits per heavy atom. The maximum Gasteiger partial charge on any atom is 0.0629 e. The van der Waals surface area contributed by atoms with Crippen LogP contribution in [0, 0.1) is 0 Å². The normalized spacial score (nSPS) is 18.3. The summed E-state index contributed by atoms with van der Waals surface area (Å²) in [6, 6.07) is 36.9. The van der Waals surface area contributed by atoms with Gasteiger partial charge in [-0.3, -0.25) is 0 Å². The van der Waals surface area contributed by atoms with Gasteiger partial charge >= 0.3 is 0 Å². The Kier molecular flexibility index (Phi) is 4.62. The van der Waals surface area contributed by atoms with Crippen LogP contribution < -0.4 is 10.2 Å². The zero-order valence-electron chi connectivity index (χ0n) is 17.7. The Bertz CT molecular complexity index is 1290. The summed E-state index contributed by atoms with van der Waals surface area (Å²) in [5, 5.41) is 3.46. The van der Waals surface area contributed by atoms with E-state index in [1.54, 1.807) is 0 Å². The molecule has 154 valence electrons. The molecule has 6 rings (SSSR count). The van der Waals surface area contributed by atoms with Crippen molar-refractivity contribution in [1.82, 2.24) is 0 Å². The molecule has 0 radical (unpaired) electrons. The van der Waals surface area contributed by atoms with Crippen molar-refractivity contribution in [1.29, 1.82) is 0 Å². The summed E-state index contributed by atoms with van der Waals surface area (Å²) in [6.07, 6.45) is 9.00. The van der Waals surface area contributed by atoms with E-state index in [9.17, 15) is 0 Å². The Hall–Kier alpha value is -4.04. The number of benzene rings is 4. The molecule has 0 aromatic heterocycles. The first-order valence-electron chi connectivity index (χ1n) is 11.1. The zero-order chi connectivity index (χ0) is 21.3. The van der Waals surface area contributed by atoms with Crippen LogP contribution in [0.25, 0.3) is 11.1 Å². The highest BCUT2D eigenvalue weighted by Gasteiger charge is 2.37. The van der Waals surface area contributed by atoms with Gasteiger partial charge in [-0.1, -0.05) is 78.9 Å². The summed E-state index contributed by atoms with van der Waals surface area (Å²) in [6.45, 7) is 0. The Morgan fingerprint density at radius 2 is 1.25 bits per heavy atom. The molecule has 2 atom stereocenters. The van der Waals surface area contributed by atoms with Gasteiger partial charge in [-0.05, 0) is 65.2 Å². The first-order valence-corrected chi connectivity index (χ1v) is 11.1. The van der Waals surface area contributed by atoms with Gasteiger partial charge in [0.1, 0.15) is 0 Å². The van der Waals surface area contributed by atoms with Gasteiger partial charge in [-0.15, -0.1) is 0 Å². The van der Waals surface area contributed by atoms with Crippen molar-refractivity contribution in [3.05, 3.63) is 133 Å². The van der Waals surface area contributed by atoms with Gasteiger partial charge in [0.2, 0.25) is 0 Å². The summed E-state index contributed by atoms with van der Waals surface area (Å²) in [5.74, 6) is 0.370. The van der Waals surface area contributed by atoms with Crippen molar-refractivity contribution < 1.29 is 0 Å². The second-order valence-electron chi connectivity index (χ2n) is 8.33. The molecule has 2 aliphatic rings. The predicted molar refractivity (Wildman–Crippen MR) is 135 cm³/mol. The molecule has 0 saturated carbocycles. The topological polar surface area (TPSA) is 15.3 Å². The maximum absolute atomic E-state index is 3.46. The fourth-order valence-corrected chi connectivity index (χ4v) is 4.84. The fourth-order valence-electron chi connectivity index (χ4n) is 4.84. The van der Waals surface area contributed by atoms with Gasteiger partial charge < -0.3 is 10.2 Å². The maximum atomic E-state index is 3.46. The van der Waals surface area contributed by atoms with Crippen molar-refractivity contribution in [3.8, 4) is 11.1 Å². The van der Waals surface area contributed by atoms with Gasteiger partial charge in [-0.25, -0.2) is 0 Å². The van der Waals surface area contributed by atoms with Crippen LogP contribution in [0.15, 0.2) is 127 Å². The molecule has 2 heteroatoms. The van der Waals surface area contributed by atoms with Crippen LogP contribution in [-0.2, 0) is 0 Å². The summed E-state index contributed by atoms with van der Waals surface area (Å²) >= 11 is 0. The van der Waals surface area contributed by atoms with Crippen LogP contribution in [0.3, 0.4) is 0 Å². The summed E-state index contributed by atoms with van der Waals surface area (Å²) in [4.78, 5) is 2.47. The minimum Gasteiger partial charge on any atom is -0.356 e. The third-order valence-electron chi connectivity index (χ3n) is 6.37. The summed E-state index contributed by atoms with van der Waals surface area (Å²) in [5.41, 5.74) is 8.61. The van der Waals surface area contributed by atoms with Gasteiger partial charge in [-0.2, -0.15) is 0 Å². The Morgan fingerprint density at radius 1 is 0.594 bits per heavy atom. The average molecular weight is 413 g/mol. The molecule has 1 N–H and O–H groups in total. The average Bonchev–Trinajstić information content (AvgIpc) is 3.19. The molecule has 4 aromatic rings. The highest BCUT2D eigenvalue weighted by Crippen LogP contribution is 2.48. The number of rotatable bonds is 4. The lowest BCUT2D eigenvalue weighted by Gasteiger charge is -2.28. The van der Waals surface area contributed by atoms with Gasteiger partial charge in [0.05, 0.1) is 6.04 Å². The Labute approximate surface area is 189 Å². The minimum atomic E-state index is 0.324. The fraction of sp³-hybridized carbons (Fsp3) is 0.0667. The van der Waals surface area contributed by atoms with Crippen LogP contribution in [0.2, 0.25) is 0 Å². The predicted octanol–water partition coefficient (Wildman–Crippen LogP) is 7.83. The third kappa shape index (κ3) is 3.30. The van der Waals surface area contributed by atoms with Crippen molar-refractivity contribution in [2.75, 3.05) is 10.2 Å². The molecule has 2 unspecified atom stereocenters. The van der Waals surface area contributed by atoms with Crippen molar-refractivity contribution in [2.45, 2.75) is 12.0 Å². The molecule has 4 aromatic carbocycles. The highest BCUT2D eigenvalue weighted by atomic mass is 15.2. The lowest BCUT2D eigenvalue weighted by atomic mass is 9.90. The molecule has 1 aliphatic carbocycles. The zero-order valence-corrected chi connectivity index (χ0v) is 17.7. The van der Waals surface area contributed by atoms with Crippen LogP contribution in [0.4, 0.5) is 22.7 Å². The lowest BCUT2D eigenvalue weighted by Crippen LogP contribution is -2.28. The first kappa shape index (κ1) is 18.7. The number of anilines is 4. The number of fused-ring (bicyclic) bond motifs is 3. The highest BCUT2D eigenvalue weighted by molar-refractivity contribution is 5.79. The Balaban J connectivity index is 1.34. The van der Waals surface area contributed by atoms with Crippen LogP contribution in [0.5, 0.6) is 0 Å². The molecular formula is C30H24N2. The number of nitrogens with zero attached hydrogens (tertiary/aromatic N) is 1. The van der Waals surface area contributed by atoms with Crippen molar-refractivity contribution >= 4 is 22.7 Å². The molecule has 0 saturated heterocycles. The quantitative estimate of drug-likeness (QED) is 0.367. The van der Waals surface area contributed by atoms with Crippen molar-refractivity contribution in [2.24, 2.45) is 0 Å². The van der Waals surface area contributed by atoms with E-state index in [2.05, 4.69) is 119 Å². The second kappa shape index (κ2) is 7.90. The summed E-state index contributed by atoms with van der Waals surface area (Å²) in [7, 11) is 0. The van der Waals surface area contributed by atoms with E-state index in [1.165, 1.54) is 28.1 Å². The van der Waals surface area contributed by atoms with E-state index in [0.717, 1.165) is 11.4 Å². The first-order chi connectivity index (χ1) is 15.9. The smallest absolute Gasteiger partial charge is 0.0629 e. The molecule has 0 spiro atoms. The monoisotopic (exact) mass is 412 g/mol. The molecule has 32 heavy (non-hydrogen) atoms. The third-order valence-corrected chi connectivity index (χ3v) is 6.37. The molecule has 0 bridgehead atoms. The van der Waals surface area contributed by atoms with Gasteiger partial charge in [0, 0.05) is 28.7 Å². The van der Waals surface area contributed by atoms with E-state index >= 15 is 0 Å². The molecule has 0 amide bonds. The van der Waals surface area contributed by atoms with Crippen LogP contribution in [0.1, 0.15) is 11.5 Å². The van der Waals surface area contributed by atoms with E-state index in [1.807, 2.05) is 18.2 Å². The van der Waals surface area contributed by atoms with Crippen molar-refractivity contribution in [3.63, 3.8) is 0 Å². The van der Waals surface area contributed by atoms with E-state index in [-0.39, 0.29) is 0 Å². The van der Waals surface area contributed by atoms with Gasteiger partial charge in [0.15, 0.2) is 0 Å². The number of hydrogen-bond donors (Lipinski definition) is 1. The minimum absolute atomic E-state index is 0.324. The largest absolute Gasteiger partial charge is 0.356 e. The van der Waals surface area contributed by atoms with E-state index in [0.29, 0.717) is 12.0 Å². The standard InChI is InChI=1S/C30H24N2/c1-3-9-24(10-4-1)31-25-18-15-22(16-19-25)23-17-20-30-28(21-23)27-13-7-8-14-29(27)32(30)26-11-5-2-6-12-26/h1-21,27,29,31H. The lowest BCUT2D eigenvalue weighted by molar-refractivity contribution is 0.745. The van der Waals surface area contributed by atoms with Crippen LogP contribution >= 0.6 is 0 Å². The molecular weight excluding hydrogens is 388 g/mol. The van der Waals surface area contributed by atoms with E-state index < -0.39 is 0 Å². The number of hydrogen-bond acceptors (Lipinski definition) is 2. The number of para-hydroxylation sites is 2. The molecule has 0 fully saturated rings. The van der Waals surface area contributed by atoms with Gasteiger partial charge in [0.25, 0.3) is 0 Å². The number of allylic oxidation sites excluding steroid dienone is 2. The molecule has 1 heterocycles. The molecule has 2 nitrogen and oxygen atoms in total. The van der Waals surface area contributed by atoms with E-state index in [4.69, 9.17) is 0 Å².